The monoisotopic (exact) mass is 424 g/mol. The Hall–Kier alpha value is -3.64. The van der Waals surface area contributed by atoms with Crippen molar-refractivity contribution in [1.82, 2.24) is 0 Å². The molecule has 0 unspecified atom stereocenters. The minimum absolute atomic E-state index is 0.935. The van der Waals surface area contributed by atoms with Crippen LogP contribution in [0.1, 0.15) is 45.4 Å². The van der Waals surface area contributed by atoms with E-state index in [1.807, 2.05) is 0 Å². The van der Waals surface area contributed by atoms with Crippen LogP contribution in [0.15, 0.2) is 85.0 Å². The lowest BCUT2D eigenvalue weighted by Crippen LogP contribution is -2.01. The first-order chi connectivity index (χ1) is 16.3. The van der Waals surface area contributed by atoms with Crippen molar-refractivity contribution in [3.05, 3.63) is 124 Å². The Balaban J connectivity index is 1.51. The lowest BCUT2D eigenvalue weighted by molar-refractivity contribution is 0.983. The minimum Gasteiger partial charge on any atom is -0.0836 e. The first kappa shape index (κ1) is 20.0. The Labute approximate surface area is 196 Å². The summed E-state index contributed by atoms with van der Waals surface area (Å²) in [6, 6.07) is 24.5. The fourth-order valence-electron chi connectivity index (χ4n) is 5.59. The lowest BCUT2D eigenvalue weighted by atomic mass is 9.83. The van der Waals surface area contributed by atoms with Gasteiger partial charge in [0.25, 0.3) is 0 Å². The smallest absolute Gasteiger partial charge is 0.00672 e. The maximum absolute atomic E-state index is 2.44. The molecule has 0 saturated heterocycles. The van der Waals surface area contributed by atoms with E-state index in [1.165, 1.54) is 60.8 Å². The minimum atomic E-state index is 0.935. The van der Waals surface area contributed by atoms with Crippen LogP contribution in [0.5, 0.6) is 0 Å². The van der Waals surface area contributed by atoms with E-state index < -0.39 is 0 Å². The molecule has 0 amide bonds. The average Bonchev–Trinajstić information content (AvgIpc) is 3.04. The highest BCUT2D eigenvalue weighted by atomic mass is 14.2. The van der Waals surface area contributed by atoms with Gasteiger partial charge in [-0.15, -0.1) is 0 Å². The van der Waals surface area contributed by atoms with Crippen LogP contribution in [0.3, 0.4) is 0 Å². The molecule has 6 rings (SSSR count). The van der Waals surface area contributed by atoms with Crippen LogP contribution in [0.4, 0.5) is 0 Å². The van der Waals surface area contributed by atoms with Gasteiger partial charge in [-0.2, -0.15) is 0 Å². The number of rotatable bonds is 3. The van der Waals surface area contributed by atoms with Crippen molar-refractivity contribution in [3.8, 4) is 11.1 Å². The summed E-state index contributed by atoms with van der Waals surface area (Å²) < 4.78 is 0. The summed E-state index contributed by atoms with van der Waals surface area (Å²) in [5.74, 6) is 0. The van der Waals surface area contributed by atoms with E-state index >= 15 is 0 Å². The maximum Gasteiger partial charge on any atom is -0.00672 e. The van der Waals surface area contributed by atoms with Gasteiger partial charge < -0.3 is 0 Å². The fraction of sp³-hybridized carbons (Fsp3) is 0.152. The molecule has 0 bridgehead atoms. The highest BCUT2D eigenvalue weighted by Gasteiger charge is 2.21. The molecular weight excluding hydrogens is 396 g/mol. The van der Waals surface area contributed by atoms with Gasteiger partial charge >= 0.3 is 0 Å². The topological polar surface area (TPSA) is 0 Å². The summed E-state index contributed by atoms with van der Waals surface area (Å²) in [6.45, 7) is 2.28. The molecule has 0 atom stereocenters. The third-order valence-corrected chi connectivity index (χ3v) is 7.11. The zero-order chi connectivity index (χ0) is 22.2. The van der Waals surface area contributed by atoms with Crippen molar-refractivity contribution in [3.63, 3.8) is 0 Å². The highest BCUT2D eigenvalue weighted by molar-refractivity contribution is 6.03. The first-order valence-electron chi connectivity index (χ1n) is 12.0. The van der Waals surface area contributed by atoms with Crippen molar-refractivity contribution >= 4 is 29.0 Å². The second-order valence-electron chi connectivity index (χ2n) is 9.23. The molecule has 2 aliphatic rings. The van der Waals surface area contributed by atoms with Gasteiger partial charge in [-0.05, 0) is 93.5 Å². The van der Waals surface area contributed by atoms with Crippen molar-refractivity contribution in [2.75, 3.05) is 0 Å². The third-order valence-electron chi connectivity index (χ3n) is 7.11. The number of benzene rings is 4. The molecule has 0 saturated carbocycles. The van der Waals surface area contributed by atoms with Crippen molar-refractivity contribution in [1.29, 1.82) is 0 Å². The molecule has 0 aliphatic heterocycles. The summed E-state index contributed by atoms with van der Waals surface area (Å²) >= 11 is 0. The van der Waals surface area contributed by atoms with Crippen LogP contribution in [-0.4, -0.2) is 0 Å². The molecular formula is C33H28. The van der Waals surface area contributed by atoms with Gasteiger partial charge in [0.15, 0.2) is 0 Å². The second kappa shape index (κ2) is 8.37. The number of fused-ring (bicyclic) bond motifs is 7. The van der Waals surface area contributed by atoms with E-state index in [2.05, 4.69) is 110 Å². The molecule has 0 aromatic heterocycles. The Morgan fingerprint density at radius 2 is 1.67 bits per heavy atom. The Kier molecular flexibility index (Phi) is 5.07. The third kappa shape index (κ3) is 3.56. The fourth-order valence-corrected chi connectivity index (χ4v) is 5.59. The van der Waals surface area contributed by atoms with Gasteiger partial charge in [0.05, 0.1) is 0 Å². The number of hydrogen-bond donors (Lipinski definition) is 0. The predicted octanol–water partition coefficient (Wildman–Crippen LogP) is 8.60. The molecule has 160 valence electrons. The molecule has 4 aromatic rings. The summed E-state index contributed by atoms with van der Waals surface area (Å²) in [6.07, 6.45) is 18.1. The summed E-state index contributed by atoms with van der Waals surface area (Å²) in [7, 11) is 0. The van der Waals surface area contributed by atoms with Crippen molar-refractivity contribution in [2.24, 2.45) is 0 Å². The molecule has 2 aliphatic carbocycles. The molecule has 0 heteroatoms. The van der Waals surface area contributed by atoms with Crippen LogP contribution in [0.25, 0.3) is 40.1 Å². The number of allylic oxidation sites excluding steroid dienone is 3. The Morgan fingerprint density at radius 3 is 2.58 bits per heavy atom. The number of aryl methyl sites for hydroxylation is 2. The standard InChI is InChI=1S/C33H28/c1-23-22-31-29(18-8-16-27-21-20-25-13-5-6-17-28(25)33(27)31)30-19-9-15-26(32(23)30)14-7-12-24-10-3-2-4-11-24/h2-4,6-12,15,17-22H,5,13-14,16H2,1H3/b12-7+. The predicted molar refractivity (Wildman–Crippen MR) is 143 cm³/mol. The number of hydrogen-bond acceptors (Lipinski definition) is 0. The van der Waals surface area contributed by atoms with E-state index in [0.29, 0.717) is 0 Å². The van der Waals surface area contributed by atoms with E-state index in [1.54, 1.807) is 0 Å². The van der Waals surface area contributed by atoms with E-state index in [4.69, 9.17) is 0 Å². The molecule has 0 nitrogen and oxygen atoms in total. The summed E-state index contributed by atoms with van der Waals surface area (Å²) in [4.78, 5) is 0. The maximum atomic E-state index is 2.44. The second-order valence-corrected chi connectivity index (χ2v) is 9.23. The van der Waals surface area contributed by atoms with Gasteiger partial charge in [0, 0.05) is 0 Å². The Bertz CT molecular complexity index is 1450. The van der Waals surface area contributed by atoms with E-state index in [-0.39, 0.29) is 0 Å². The van der Waals surface area contributed by atoms with Crippen molar-refractivity contribution in [2.45, 2.75) is 32.6 Å². The van der Waals surface area contributed by atoms with Gasteiger partial charge in [-0.1, -0.05) is 103 Å². The van der Waals surface area contributed by atoms with Gasteiger partial charge in [0.2, 0.25) is 0 Å². The quantitative estimate of drug-likeness (QED) is 0.309. The molecule has 0 radical (unpaired) electrons. The van der Waals surface area contributed by atoms with Gasteiger partial charge in [-0.3, -0.25) is 0 Å². The van der Waals surface area contributed by atoms with Gasteiger partial charge in [0.1, 0.15) is 0 Å². The first-order valence-corrected chi connectivity index (χ1v) is 12.0. The van der Waals surface area contributed by atoms with Gasteiger partial charge in [-0.25, -0.2) is 0 Å². The average molecular weight is 425 g/mol. The molecule has 33 heavy (non-hydrogen) atoms. The van der Waals surface area contributed by atoms with Crippen LogP contribution >= 0.6 is 0 Å². The summed E-state index contributed by atoms with van der Waals surface area (Å²) in [5.41, 5.74) is 12.6. The molecule has 4 aromatic carbocycles. The zero-order valence-electron chi connectivity index (χ0n) is 19.1. The van der Waals surface area contributed by atoms with Crippen LogP contribution in [0.2, 0.25) is 0 Å². The van der Waals surface area contributed by atoms with E-state index in [0.717, 1.165) is 25.7 Å². The largest absolute Gasteiger partial charge is 0.0836 e. The highest BCUT2D eigenvalue weighted by Crippen LogP contribution is 2.42. The molecule has 0 N–H and O–H groups in total. The molecule has 0 spiro atoms. The molecule has 0 heterocycles. The molecule has 0 fully saturated rings. The van der Waals surface area contributed by atoms with Crippen LogP contribution in [0, 0.1) is 6.92 Å². The summed E-state index contributed by atoms with van der Waals surface area (Å²) in [5, 5.41) is 2.78. The normalized spacial score (nSPS) is 14.2. The van der Waals surface area contributed by atoms with Crippen molar-refractivity contribution < 1.29 is 0 Å². The van der Waals surface area contributed by atoms with Crippen LogP contribution < -0.4 is 0 Å². The Morgan fingerprint density at radius 1 is 0.818 bits per heavy atom. The van der Waals surface area contributed by atoms with E-state index in [9.17, 15) is 0 Å². The van der Waals surface area contributed by atoms with Crippen LogP contribution in [-0.2, 0) is 19.3 Å². The lowest BCUT2D eigenvalue weighted by Gasteiger charge is -2.21. The SMILES string of the molecule is Cc1cc2c(c3cccc(C/C=C/c4ccccc4)c13)C=CCc1ccc3c(c1-2)C=CCC3. The zero-order valence-corrected chi connectivity index (χ0v) is 19.1.